The summed E-state index contributed by atoms with van der Waals surface area (Å²) < 4.78 is 34.1. The molecule has 0 saturated carbocycles. The SMILES string of the molecule is COc1cc(NS(=O)(=O)c2cccc3cc(C)cnc23)ccc1N1CCCC1=O. The molecule has 150 valence electrons. The second-order valence-corrected chi connectivity index (χ2v) is 8.63. The summed E-state index contributed by atoms with van der Waals surface area (Å²) in [6.45, 7) is 2.53. The fraction of sp³-hybridized carbons (Fsp3) is 0.238. The number of pyridine rings is 1. The predicted molar refractivity (Wildman–Crippen MR) is 112 cm³/mol. The van der Waals surface area contributed by atoms with Gasteiger partial charge in [0.15, 0.2) is 0 Å². The number of anilines is 2. The van der Waals surface area contributed by atoms with Crippen LogP contribution in [0.3, 0.4) is 0 Å². The molecule has 0 bridgehead atoms. The van der Waals surface area contributed by atoms with Gasteiger partial charge in [0.25, 0.3) is 10.0 Å². The number of sulfonamides is 1. The molecule has 4 rings (SSSR count). The molecule has 29 heavy (non-hydrogen) atoms. The molecule has 1 saturated heterocycles. The number of nitrogens with zero attached hydrogens (tertiary/aromatic N) is 2. The van der Waals surface area contributed by atoms with Gasteiger partial charge in [-0.05, 0) is 43.2 Å². The van der Waals surface area contributed by atoms with Gasteiger partial charge in [-0.15, -0.1) is 0 Å². The highest BCUT2D eigenvalue weighted by Gasteiger charge is 2.25. The van der Waals surface area contributed by atoms with Crippen LogP contribution in [0.2, 0.25) is 0 Å². The number of ether oxygens (including phenoxy) is 1. The maximum absolute atomic E-state index is 13.0. The van der Waals surface area contributed by atoms with Gasteiger partial charge in [0.05, 0.1) is 24.0 Å². The first-order chi connectivity index (χ1) is 13.9. The predicted octanol–water partition coefficient (Wildman–Crippen LogP) is 3.48. The van der Waals surface area contributed by atoms with Crippen LogP contribution in [0.1, 0.15) is 18.4 Å². The number of rotatable bonds is 5. The Morgan fingerprint density at radius 2 is 2.00 bits per heavy atom. The molecule has 3 aromatic rings. The van der Waals surface area contributed by atoms with E-state index in [0.29, 0.717) is 35.6 Å². The van der Waals surface area contributed by atoms with Crippen molar-refractivity contribution in [1.82, 2.24) is 4.98 Å². The molecule has 0 unspecified atom stereocenters. The highest BCUT2D eigenvalue weighted by Crippen LogP contribution is 2.34. The Bertz CT molecular complexity index is 1210. The number of aryl methyl sites for hydroxylation is 1. The van der Waals surface area contributed by atoms with Gasteiger partial charge in [0.2, 0.25) is 5.91 Å². The number of fused-ring (bicyclic) bond motifs is 1. The first kappa shape index (κ1) is 19.2. The molecule has 1 amide bonds. The van der Waals surface area contributed by atoms with E-state index in [1.807, 2.05) is 19.1 Å². The van der Waals surface area contributed by atoms with E-state index in [1.165, 1.54) is 13.2 Å². The summed E-state index contributed by atoms with van der Waals surface area (Å²) in [7, 11) is -2.37. The molecule has 7 nitrogen and oxygen atoms in total. The smallest absolute Gasteiger partial charge is 0.264 e. The van der Waals surface area contributed by atoms with Crippen molar-refractivity contribution in [2.75, 3.05) is 23.3 Å². The summed E-state index contributed by atoms with van der Waals surface area (Å²) in [5, 5.41) is 0.758. The van der Waals surface area contributed by atoms with Crippen molar-refractivity contribution in [2.24, 2.45) is 0 Å². The molecule has 1 fully saturated rings. The number of amides is 1. The molecule has 8 heteroatoms. The van der Waals surface area contributed by atoms with Crippen molar-refractivity contribution in [3.8, 4) is 5.75 Å². The molecule has 1 aliphatic rings. The zero-order valence-electron chi connectivity index (χ0n) is 16.2. The second-order valence-electron chi connectivity index (χ2n) is 6.98. The number of carbonyl (C=O) groups is 1. The van der Waals surface area contributed by atoms with Crippen LogP contribution in [0.15, 0.2) is 53.6 Å². The maximum Gasteiger partial charge on any atom is 0.264 e. The molecule has 1 aliphatic heterocycles. The second kappa shape index (κ2) is 7.36. The lowest BCUT2D eigenvalue weighted by molar-refractivity contribution is -0.117. The van der Waals surface area contributed by atoms with Crippen LogP contribution in [-0.4, -0.2) is 33.0 Å². The van der Waals surface area contributed by atoms with Gasteiger partial charge < -0.3 is 9.64 Å². The van der Waals surface area contributed by atoms with E-state index in [1.54, 1.807) is 35.4 Å². The Morgan fingerprint density at radius 3 is 2.72 bits per heavy atom. The number of nitrogens with one attached hydrogen (secondary N) is 1. The van der Waals surface area contributed by atoms with E-state index < -0.39 is 10.0 Å². The molecule has 0 radical (unpaired) electrons. The summed E-state index contributed by atoms with van der Waals surface area (Å²) >= 11 is 0. The van der Waals surface area contributed by atoms with E-state index in [4.69, 9.17) is 4.74 Å². The monoisotopic (exact) mass is 411 g/mol. The minimum Gasteiger partial charge on any atom is -0.494 e. The van der Waals surface area contributed by atoms with Crippen LogP contribution in [-0.2, 0) is 14.8 Å². The van der Waals surface area contributed by atoms with Crippen LogP contribution < -0.4 is 14.4 Å². The third-order valence-electron chi connectivity index (χ3n) is 4.90. The maximum atomic E-state index is 13.0. The Hall–Kier alpha value is -3.13. The Morgan fingerprint density at radius 1 is 1.17 bits per heavy atom. The number of aromatic nitrogens is 1. The number of methoxy groups -OCH3 is 1. The molecular formula is C21H21N3O4S. The third kappa shape index (κ3) is 3.63. The quantitative estimate of drug-likeness (QED) is 0.694. The molecule has 0 atom stereocenters. The molecule has 0 aliphatic carbocycles. The lowest BCUT2D eigenvalue weighted by Gasteiger charge is -2.20. The molecule has 1 aromatic heterocycles. The van der Waals surface area contributed by atoms with E-state index in [2.05, 4.69) is 9.71 Å². The van der Waals surface area contributed by atoms with Gasteiger partial charge in [0.1, 0.15) is 10.6 Å². The van der Waals surface area contributed by atoms with Gasteiger partial charge >= 0.3 is 0 Å². The lowest BCUT2D eigenvalue weighted by Crippen LogP contribution is -2.24. The average Bonchev–Trinajstić information content (AvgIpc) is 3.12. The fourth-order valence-electron chi connectivity index (χ4n) is 3.54. The zero-order chi connectivity index (χ0) is 20.6. The highest BCUT2D eigenvalue weighted by atomic mass is 32.2. The van der Waals surface area contributed by atoms with Crippen LogP contribution >= 0.6 is 0 Å². The number of carbonyl (C=O) groups excluding carboxylic acids is 1. The number of benzene rings is 2. The number of hydrogen-bond acceptors (Lipinski definition) is 5. The molecule has 1 N–H and O–H groups in total. The summed E-state index contributed by atoms with van der Waals surface area (Å²) in [4.78, 5) is 18.1. The topological polar surface area (TPSA) is 88.6 Å². The molecule has 0 spiro atoms. The Balaban J connectivity index is 1.69. The number of hydrogen-bond donors (Lipinski definition) is 1. The van der Waals surface area contributed by atoms with Crippen molar-refractivity contribution in [1.29, 1.82) is 0 Å². The Kier molecular flexibility index (Phi) is 4.87. The van der Waals surface area contributed by atoms with Crippen LogP contribution in [0, 0.1) is 6.92 Å². The van der Waals surface area contributed by atoms with Gasteiger partial charge in [-0.1, -0.05) is 12.1 Å². The van der Waals surface area contributed by atoms with E-state index in [0.717, 1.165) is 17.4 Å². The largest absolute Gasteiger partial charge is 0.494 e. The normalized spacial score (nSPS) is 14.4. The first-order valence-corrected chi connectivity index (χ1v) is 10.7. The fourth-order valence-corrected chi connectivity index (χ4v) is 4.77. The zero-order valence-corrected chi connectivity index (χ0v) is 17.0. The van der Waals surface area contributed by atoms with E-state index in [9.17, 15) is 13.2 Å². The van der Waals surface area contributed by atoms with Crippen molar-refractivity contribution in [2.45, 2.75) is 24.7 Å². The number of para-hydroxylation sites is 1. The molecular weight excluding hydrogens is 390 g/mol. The standard InChI is InChI=1S/C21H21N3O4S/c1-14-11-15-5-3-6-19(21(15)22-13-14)29(26,27)23-16-8-9-17(18(12-16)28-2)24-10-4-7-20(24)25/h3,5-6,8-9,11-13,23H,4,7,10H2,1-2H3. The van der Waals surface area contributed by atoms with E-state index in [-0.39, 0.29) is 10.8 Å². The molecule has 2 aromatic carbocycles. The molecule has 2 heterocycles. The van der Waals surface area contributed by atoms with Gasteiger partial charge in [-0.3, -0.25) is 14.5 Å². The van der Waals surface area contributed by atoms with Crippen molar-refractivity contribution in [3.05, 3.63) is 54.2 Å². The Labute approximate surface area is 169 Å². The average molecular weight is 411 g/mol. The first-order valence-electron chi connectivity index (χ1n) is 9.25. The van der Waals surface area contributed by atoms with Crippen molar-refractivity contribution < 1.29 is 17.9 Å². The summed E-state index contributed by atoms with van der Waals surface area (Å²) in [5.41, 5.74) is 2.36. The van der Waals surface area contributed by atoms with E-state index >= 15 is 0 Å². The van der Waals surface area contributed by atoms with Crippen LogP contribution in [0.5, 0.6) is 5.75 Å². The lowest BCUT2D eigenvalue weighted by atomic mass is 10.2. The summed E-state index contributed by atoms with van der Waals surface area (Å²) in [5.74, 6) is 0.473. The van der Waals surface area contributed by atoms with Crippen molar-refractivity contribution >= 4 is 38.2 Å². The highest BCUT2D eigenvalue weighted by molar-refractivity contribution is 7.93. The van der Waals surface area contributed by atoms with Gasteiger partial charge in [-0.25, -0.2) is 8.42 Å². The summed E-state index contributed by atoms with van der Waals surface area (Å²) in [6, 6.07) is 11.9. The van der Waals surface area contributed by atoms with Crippen LogP contribution in [0.4, 0.5) is 11.4 Å². The minimum absolute atomic E-state index is 0.0359. The summed E-state index contributed by atoms with van der Waals surface area (Å²) in [6.07, 6.45) is 2.95. The van der Waals surface area contributed by atoms with Gasteiger partial charge in [0, 0.05) is 30.6 Å². The van der Waals surface area contributed by atoms with Gasteiger partial charge in [-0.2, -0.15) is 0 Å². The van der Waals surface area contributed by atoms with Crippen molar-refractivity contribution in [3.63, 3.8) is 0 Å². The van der Waals surface area contributed by atoms with Crippen LogP contribution in [0.25, 0.3) is 10.9 Å². The minimum atomic E-state index is -3.87. The third-order valence-corrected chi connectivity index (χ3v) is 6.31.